The first kappa shape index (κ1) is 9.35. The highest BCUT2D eigenvalue weighted by Crippen LogP contribution is 2.38. The number of allylic oxidation sites excluding steroid dienone is 3. The number of fused-ring (bicyclic) bond motifs is 1. The molecule has 1 heterocycles. The maximum Gasteiger partial charge on any atom is 0.0238 e. The maximum absolute atomic E-state index is 3.86. The van der Waals surface area contributed by atoms with Crippen molar-refractivity contribution in [1.82, 2.24) is 0 Å². The lowest BCUT2D eigenvalue weighted by molar-refractivity contribution is 1.37. The Morgan fingerprint density at radius 2 is 1.93 bits per heavy atom. The predicted molar refractivity (Wildman–Crippen MR) is 65.1 cm³/mol. The van der Waals surface area contributed by atoms with Gasteiger partial charge in [0.15, 0.2) is 0 Å². The Bertz CT molecular complexity index is 413. The summed E-state index contributed by atoms with van der Waals surface area (Å²) in [4.78, 5) is 1.23. The summed E-state index contributed by atoms with van der Waals surface area (Å²) >= 11 is 1.83. The van der Waals surface area contributed by atoms with Crippen LogP contribution in [0.4, 0.5) is 0 Å². The second-order valence-electron chi connectivity index (χ2n) is 3.13. The van der Waals surface area contributed by atoms with E-state index < -0.39 is 0 Å². The minimum Gasteiger partial charge on any atom is -0.121 e. The van der Waals surface area contributed by atoms with Gasteiger partial charge in [0, 0.05) is 10.7 Å². The summed E-state index contributed by atoms with van der Waals surface area (Å²) < 4.78 is 0. The number of thioether (sulfide) groups is 1. The zero-order valence-corrected chi connectivity index (χ0v) is 8.81. The summed E-state index contributed by atoms with van der Waals surface area (Å²) in [5, 5.41) is 0. The van der Waals surface area contributed by atoms with Gasteiger partial charge in [-0.1, -0.05) is 49.6 Å². The third kappa shape index (κ3) is 1.44. The van der Waals surface area contributed by atoms with Gasteiger partial charge in [-0.2, -0.15) is 0 Å². The van der Waals surface area contributed by atoms with E-state index >= 15 is 0 Å². The van der Waals surface area contributed by atoms with Crippen molar-refractivity contribution in [1.29, 1.82) is 0 Å². The molecule has 1 aromatic carbocycles. The van der Waals surface area contributed by atoms with Crippen LogP contribution >= 0.6 is 11.8 Å². The minimum absolute atomic E-state index is 1.04. The number of hydrogen-bond donors (Lipinski definition) is 0. The molecule has 70 valence electrons. The van der Waals surface area contributed by atoms with Crippen molar-refractivity contribution in [3.63, 3.8) is 0 Å². The molecule has 0 radical (unpaired) electrons. The van der Waals surface area contributed by atoms with E-state index in [0.717, 1.165) is 5.75 Å². The third-order valence-corrected chi connectivity index (χ3v) is 3.50. The molecule has 1 aliphatic heterocycles. The van der Waals surface area contributed by atoms with E-state index in [9.17, 15) is 0 Å². The van der Waals surface area contributed by atoms with Crippen LogP contribution in [0.15, 0.2) is 54.5 Å². The van der Waals surface area contributed by atoms with Crippen molar-refractivity contribution >= 4 is 17.3 Å². The quantitative estimate of drug-likeness (QED) is 0.695. The summed E-state index contributed by atoms with van der Waals surface area (Å²) in [7, 11) is 0. The molecule has 0 aliphatic carbocycles. The molecule has 0 saturated carbocycles. The molecule has 0 fully saturated rings. The molecule has 1 aliphatic rings. The van der Waals surface area contributed by atoms with Gasteiger partial charge in [0.25, 0.3) is 0 Å². The second kappa shape index (κ2) is 3.89. The molecule has 1 aromatic rings. The zero-order valence-electron chi connectivity index (χ0n) is 7.99. The van der Waals surface area contributed by atoms with Crippen molar-refractivity contribution in [2.75, 3.05) is 0 Å². The van der Waals surface area contributed by atoms with E-state index in [2.05, 4.69) is 37.4 Å². The summed E-state index contributed by atoms with van der Waals surface area (Å²) in [6.07, 6.45) is 3.83. The van der Waals surface area contributed by atoms with Crippen LogP contribution in [0.25, 0.3) is 5.57 Å². The van der Waals surface area contributed by atoms with Gasteiger partial charge >= 0.3 is 0 Å². The van der Waals surface area contributed by atoms with Crippen molar-refractivity contribution in [2.24, 2.45) is 0 Å². The Morgan fingerprint density at radius 3 is 2.64 bits per heavy atom. The fraction of sp³-hybridized carbons (Fsp3) is 0.0769. The first-order valence-corrected chi connectivity index (χ1v) is 5.55. The van der Waals surface area contributed by atoms with Crippen LogP contribution in [0.3, 0.4) is 0 Å². The van der Waals surface area contributed by atoms with Gasteiger partial charge in [-0.3, -0.25) is 0 Å². The van der Waals surface area contributed by atoms with Gasteiger partial charge in [-0.25, -0.2) is 0 Å². The van der Waals surface area contributed by atoms with E-state index in [4.69, 9.17) is 0 Å². The van der Waals surface area contributed by atoms with Gasteiger partial charge in [-0.05, 0) is 16.7 Å². The summed E-state index contributed by atoms with van der Waals surface area (Å²) in [6.45, 7) is 7.69. The second-order valence-corrected chi connectivity index (χ2v) is 4.15. The van der Waals surface area contributed by atoms with Gasteiger partial charge in [0.05, 0.1) is 0 Å². The molecular weight excluding hydrogens is 188 g/mol. The monoisotopic (exact) mass is 200 g/mol. The Balaban J connectivity index is 2.63. The Morgan fingerprint density at radius 1 is 1.14 bits per heavy atom. The molecule has 0 aromatic heterocycles. The molecule has 2 rings (SSSR count). The number of hydrogen-bond acceptors (Lipinski definition) is 1. The van der Waals surface area contributed by atoms with Gasteiger partial charge in [0.1, 0.15) is 0 Å². The summed E-state index contributed by atoms with van der Waals surface area (Å²) in [6, 6.07) is 8.47. The number of rotatable bonds is 2. The lowest BCUT2D eigenvalue weighted by Crippen LogP contribution is -1.97. The molecule has 14 heavy (non-hydrogen) atoms. The fourth-order valence-electron chi connectivity index (χ4n) is 1.65. The Kier molecular flexibility index (Phi) is 2.60. The fourth-order valence-corrected chi connectivity index (χ4v) is 2.68. The molecule has 0 bridgehead atoms. The van der Waals surface area contributed by atoms with Crippen LogP contribution in [0, 0.1) is 0 Å². The molecule has 0 spiro atoms. The van der Waals surface area contributed by atoms with E-state index in [0.29, 0.717) is 0 Å². The van der Waals surface area contributed by atoms with Crippen LogP contribution in [0.2, 0.25) is 0 Å². The van der Waals surface area contributed by atoms with E-state index in [-0.39, 0.29) is 0 Å². The van der Waals surface area contributed by atoms with E-state index in [1.165, 1.54) is 21.6 Å². The largest absolute Gasteiger partial charge is 0.121 e. The standard InChI is InChI=1S/C13H12S/c1-3-11-12-8-6-5-7-10(12)9-14-13(11)4-2/h3-8H,1-2,9H2. The lowest BCUT2D eigenvalue weighted by Gasteiger charge is -2.18. The summed E-state index contributed by atoms with van der Waals surface area (Å²) in [5.41, 5.74) is 3.90. The first-order valence-electron chi connectivity index (χ1n) is 4.57. The highest BCUT2D eigenvalue weighted by atomic mass is 32.2. The smallest absolute Gasteiger partial charge is 0.0238 e. The van der Waals surface area contributed by atoms with Crippen molar-refractivity contribution in [3.8, 4) is 0 Å². The predicted octanol–water partition coefficient (Wildman–Crippen LogP) is 4.02. The van der Waals surface area contributed by atoms with Crippen molar-refractivity contribution in [3.05, 3.63) is 65.6 Å². The summed E-state index contributed by atoms with van der Waals surface area (Å²) in [5.74, 6) is 1.04. The van der Waals surface area contributed by atoms with E-state index in [1.54, 1.807) is 0 Å². The first-order chi connectivity index (χ1) is 6.86. The molecule has 0 N–H and O–H groups in total. The average Bonchev–Trinajstić information content (AvgIpc) is 2.27. The lowest BCUT2D eigenvalue weighted by atomic mass is 10.00. The maximum atomic E-state index is 3.86. The Labute approximate surface area is 89.0 Å². The zero-order chi connectivity index (χ0) is 9.97. The minimum atomic E-state index is 1.04. The van der Waals surface area contributed by atoms with Crippen LogP contribution in [0.1, 0.15) is 11.1 Å². The van der Waals surface area contributed by atoms with Crippen molar-refractivity contribution < 1.29 is 0 Å². The normalized spacial score (nSPS) is 14.9. The molecule has 0 saturated heterocycles. The molecule has 0 nitrogen and oxygen atoms in total. The van der Waals surface area contributed by atoms with Gasteiger partial charge in [0.2, 0.25) is 0 Å². The van der Waals surface area contributed by atoms with Crippen LogP contribution in [0.5, 0.6) is 0 Å². The number of benzene rings is 1. The molecule has 1 heteroatoms. The van der Waals surface area contributed by atoms with Crippen LogP contribution in [-0.2, 0) is 5.75 Å². The van der Waals surface area contributed by atoms with Gasteiger partial charge < -0.3 is 0 Å². The Hall–Kier alpha value is -1.21. The van der Waals surface area contributed by atoms with Crippen LogP contribution < -0.4 is 0 Å². The highest BCUT2D eigenvalue weighted by Gasteiger charge is 2.14. The SMILES string of the molecule is C=CC1=C(C=C)c2ccccc2CS1. The topological polar surface area (TPSA) is 0 Å². The molecule has 0 unspecified atom stereocenters. The molecule has 0 amide bonds. The average molecular weight is 200 g/mol. The highest BCUT2D eigenvalue weighted by molar-refractivity contribution is 8.02. The van der Waals surface area contributed by atoms with Crippen LogP contribution in [-0.4, -0.2) is 0 Å². The third-order valence-electron chi connectivity index (χ3n) is 2.35. The molecule has 0 atom stereocenters. The molecular formula is C13H12S. The van der Waals surface area contributed by atoms with Crippen molar-refractivity contribution in [2.45, 2.75) is 5.75 Å². The van der Waals surface area contributed by atoms with E-state index in [1.807, 2.05) is 23.9 Å². The van der Waals surface area contributed by atoms with Gasteiger partial charge in [-0.15, -0.1) is 11.8 Å².